The lowest BCUT2D eigenvalue weighted by Crippen LogP contribution is -2.64. The predicted molar refractivity (Wildman–Crippen MR) is 118 cm³/mol. The Kier molecular flexibility index (Phi) is 5.40. The number of nitrogens with one attached hydrogen (secondary N) is 1. The highest BCUT2D eigenvalue weighted by Crippen LogP contribution is 2.57. The van der Waals surface area contributed by atoms with Gasteiger partial charge in [-0.05, 0) is 80.2 Å². The Morgan fingerprint density at radius 2 is 1.90 bits per heavy atom. The first kappa shape index (κ1) is 21.0. The van der Waals surface area contributed by atoms with Gasteiger partial charge in [0.05, 0.1) is 17.7 Å². The van der Waals surface area contributed by atoms with Gasteiger partial charge >= 0.3 is 0 Å². The van der Waals surface area contributed by atoms with E-state index in [1.807, 2.05) is 18.2 Å². The van der Waals surface area contributed by atoms with E-state index in [2.05, 4.69) is 5.32 Å². The van der Waals surface area contributed by atoms with Crippen LogP contribution in [0.3, 0.4) is 0 Å². The van der Waals surface area contributed by atoms with Gasteiger partial charge in [0.15, 0.2) is 11.5 Å². The number of halogens is 2. The molecule has 2 aromatic carbocycles. The van der Waals surface area contributed by atoms with Crippen molar-refractivity contribution in [3.05, 3.63) is 58.4 Å². The Bertz CT molecular complexity index is 947. The van der Waals surface area contributed by atoms with Crippen LogP contribution in [0.15, 0.2) is 36.4 Å². The van der Waals surface area contributed by atoms with Crippen LogP contribution in [-0.4, -0.2) is 23.4 Å². The largest absolute Gasteiger partial charge is 0.493 e. The summed E-state index contributed by atoms with van der Waals surface area (Å²) in [6.07, 6.45) is 6.39. The molecule has 2 atom stereocenters. The third-order valence-electron chi connectivity index (χ3n) is 7.36. The van der Waals surface area contributed by atoms with E-state index in [9.17, 15) is 9.50 Å². The van der Waals surface area contributed by atoms with Crippen molar-refractivity contribution in [3.63, 3.8) is 0 Å². The van der Waals surface area contributed by atoms with E-state index in [0.717, 1.165) is 37.7 Å². The Labute approximate surface area is 187 Å². The SMILES string of the molecule is COc1cc(CNC23CC4CC(CC(O)(C4)C2)C3)ccc1OCc1c(F)cccc1Cl. The second-order valence-corrected chi connectivity index (χ2v) is 10.2. The van der Waals surface area contributed by atoms with Gasteiger partial charge in [-0.2, -0.15) is 0 Å². The fourth-order valence-corrected chi connectivity index (χ4v) is 6.69. The van der Waals surface area contributed by atoms with Crippen molar-refractivity contribution in [2.75, 3.05) is 7.11 Å². The molecular weight excluding hydrogens is 417 g/mol. The second-order valence-electron chi connectivity index (χ2n) is 9.79. The van der Waals surface area contributed by atoms with Crippen LogP contribution in [0.5, 0.6) is 11.5 Å². The quantitative estimate of drug-likeness (QED) is 0.612. The van der Waals surface area contributed by atoms with Crippen molar-refractivity contribution < 1.29 is 19.0 Å². The maximum absolute atomic E-state index is 14.0. The Hall–Kier alpha value is -1.82. The van der Waals surface area contributed by atoms with Crippen LogP contribution in [0.4, 0.5) is 4.39 Å². The lowest BCUT2D eigenvalue weighted by atomic mass is 9.51. The van der Waals surface area contributed by atoms with Gasteiger partial charge in [0.25, 0.3) is 0 Å². The molecule has 4 aliphatic rings. The topological polar surface area (TPSA) is 50.7 Å². The summed E-state index contributed by atoms with van der Waals surface area (Å²) in [5.74, 6) is 2.07. The molecule has 0 spiro atoms. The van der Waals surface area contributed by atoms with Crippen LogP contribution in [0.1, 0.15) is 49.7 Å². The van der Waals surface area contributed by atoms with Gasteiger partial charge in [-0.15, -0.1) is 0 Å². The Balaban J connectivity index is 1.26. The molecule has 2 aromatic rings. The summed E-state index contributed by atoms with van der Waals surface area (Å²) in [6.45, 7) is 0.745. The number of methoxy groups -OCH3 is 1. The molecule has 4 bridgehead atoms. The van der Waals surface area contributed by atoms with E-state index >= 15 is 0 Å². The van der Waals surface area contributed by atoms with E-state index < -0.39 is 5.60 Å². The zero-order valence-corrected chi connectivity index (χ0v) is 18.6. The summed E-state index contributed by atoms with van der Waals surface area (Å²) in [5.41, 5.74) is 0.996. The van der Waals surface area contributed by atoms with E-state index in [0.29, 0.717) is 40.5 Å². The molecule has 0 saturated heterocycles. The molecule has 166 valence electrons. The molecule has 0 amide bonds. The molecule has 4 nitrogen and oxygen atoms in total. The molecule has 0 heterocycles. The minimum atomic E-state index is -0.472. The average Bonchev–Trinajstić information content (AvgIpc) is 2.70. The first-order valence-electron chi connectivity index (χ1n) is 11.1. The number of ether oxygens (including phenoxy) is 2. The van der Waals surface area contributed by atoms with E-state index in [-0.39, 0.29) is 18.0 Å². The highest BCUT2D eigenvalue weighted by molar-refractivity contribution is 6.31. The van der Waals surface area contributed by atoms with E-state index in [1.165, 1.54) is 12.5 Å². The lowest BCUT2D eigenvalue weighted by molar-refractivity contribution is -0.142. The monoisotopic (exact) mass is 445 g/mol. The third-order valence-corrected chi connectivity index (χ3v) is 7.71. The average molecular weight is 446 g/mol. The second kappa shape index (κ2) is 7.95. The number of benzene rings is 2. The van der Waals surface area contributed by atoms with Crippen LogP contribution in [0.25, 0.3) is 0 Å². The standard InChI is InChI=1S/C25H29ClFNO3/c1-30-23-8-16(5-6-22(23)31-14-19-20(26)3-2-4-21(19)27)13-28-24-9-17-7-18(10-24)12-25(29,11-17)15-24/h2-6,8,17-18,28-29H,7,9-15H2,1H3. The van der Waals surface area contributed by atoms with E-state index in [4.69, 9.17) is 21.1 Å². The fraction of sp³-hybridized carbons (Fsp3) is 0.520. The molecule has 0 aliphatic heterocycles. The molecular formula is C25H29ClFNO3. The lowest BCUT2D eigenvalue weighted by Gasteiger charge is -2.60. The number of aliphatic hydroxyl groups is 1. The van der Waals surface area contributed by atoms with Crippen LogP contribution < -0.4 is 14.8 Å². The minimum absolute atomic E-state index is 0.0317. The van der Waals surface area contributed by atoms with Gasteiger partial charge < -0.3 is 19.9 Å². The van der Waals surface area contributed by atoms with Gasteiger partial charge in [0.1, 0.15) is 12.4 Å². The van der Waals surface area contributed by atoms with Crippen LogP contribution in [0, 0.1) is 17.7 Å². The van der Waals surface area contributed by atoms with Crippen molar-refractivity contribution in [3.8, 4) is 11.5 Å². The van der Waals surface area contributed by atoms with Gasteiger partial charge in [-0.25, -0.2) is 4.39 Å². The molecule has 6 heteroatoms. The normalized spacial score (nSPS) is 31.1. The highest BCUT2D eigenvalue weighted by atomic mass is 35.5. The summed E-state index contributed by atoms with van der Waals surface area (Å²) >= 11 is 6.10. The summed E-state index contributed by atoms with van der Waals surface area (Å²) in [5, 5.41) is 15.1. The minimum Gasteiger partial charge on any atom is -0.493 e. The van der Waals surface area contributed by atoms with Crippen molar-refractivity contribution in [1.29, 1.82) is 0 Å². The summed E-state index contributed by atoms with van der Waals surface area (Å²) in [7, 11) is 1.60. The maximum Gasteiger partial charge on any atom is 0.161 e. The zero-order valence-electron chi connectivity index (χ0n) is 17.8. The van der Waals surface area contributed by atoms with Gasteiger partial charge in [0, 0.05) is 17.6 Å². The number of hydrogen-bond acceptors (Lipinski definition) is 4. The summed E-state index contributed by atoms with van der Waals surface area (Å²) in [4.78, 5) is 0. The Morgan fingerprint density at radius 1 is 1.13 bits per heavy atom. The molecule has 2 unspecified atom stereocenters. The first-order valence-corrected chi connectivity index (χ1v) is 11.4. The van der Waals surface area contributed by atoms with Gasteiger partial charge in [-0.1, -0.05) is 23.7 Å². The van der Waals surface area contributed by atoms with Crippen LogP contribution in [0.2, 0.25) is 5.02 Å². The summed E-state index contributed by atoms with van der Waals surface area (Å²) < 4.78 is 25.4. The number of hydrogen-bond donors (Lipinski definition) is 2. The fourth-order valence-electron chi connectivity index (χ4n) is 6.47. The van der Waals surface area contributed by atoms with E-state index in [1.54, 1.807) is 19.2 Å². The highest BCUT2D eigenvalue weighted by Gasteiger charge is 2.56. The molecule has 4 aliphatic carbocycles. The molecule has 0 radical (unpaired) electrons. The zero-order chi connectivity index (χ0) is 21.6. The predicted octanol–water partition coefficient (Wildman–Crippen LogP) is 5.24. The first-order chi connectivity index (χ1) is 14.9. The van der Waals surface area contributed by atoms with Crippen molar-refractivity contribution >= 4 is 11.6 Å². The van der Waals surface area contributed by atoms with Gasteiger partial charge in [0.2, 0.25) is 0 Å². The molecule has 31 heavy (non-hydrogen) atoms. The van der Waals surface area contributed by atoms with Crippen LogP contribution in [-0.2, 0) is 13.2 Å². The van der Waals surface area contributed by atoms with Gasteiger partial charge in [-0.3, -0.25) is 0 Å². The number of rotatable bonds is 7. The molecule has 6 rings (SSSR count). The van der Waals surface area contributed by atoms with Crippen molar-refractivity contribution in [2.45, 2.75) is 62.8 Å². The Morgan fingerprint density at radius 3 is 2.58 bits per heavy atom. The third kappa shape index (κ3) is 4.15. The smallest absolute Gasteiger partial charge is 0.161 e. The molecule has 0 aromatic heterocycles. The molecule has 4 fully saturated rings. The maximum atomic E-state index is 14.0. The summed E-state index contributed by atoms with van der Waals surface area (Å²) in [6, 6.07) is 10.4. The molecule has 4 saturated carbocycles. The van der Waals surface area contributed by atoms with Crippen molar-refractivity contribution in [2.24, 2.45) is 11.8 Å². The molecule has 2 N–H and O–H groups in total. The van der Waals surface area contributed by atoms with Crippen LogP contribution >= 0.6 is 11.6 Å². The van der Waals surface area contributed by atoms with Crippen molar-refractivity contribution in [1.82, 2.24) is 5.32 Å².